The Bertz CT molecular complexity index is 1100. The normalized spacial score (nSPS) is 10.5. The summed E-state index contributed by atoms with van der Waals surface area (Å²) >= 11 is 1.25. The summed E-state index contributed by atoms with van der Waals surface area (Å²) in [5.41, 5.74) is 4.53. The fourth-order valence-corrected chi connectivity index (χ4v) is 4.05. The monoisotopic (exact) mass is 435 g/mol. The van der Waals surface area contributed by atoms with Crippen LogP contribution >= 0.6 is 11.8 Å². The van der Waals surface area contributed by atoms with Crippen LogP contribution in [-0.4, -0.2) is 29.7 Å². The van der Waals surface area contributed by atoms with Gasteiger partial charge in [0.25, 0.3) is 5.91 Å². The Morgan fingerprint density at radius 3 is 2.39 bits per heavy atom. The molecule has 6 nitrogen and oxygen atoms in total. The number of hydrogen-bond acceptors (Lipinski definition) is 5. The number of nitrogens with zero attached hydrogens (tertiary/aromatic N) is 1. The van der Waals surface area contributed by atoms with Gasteiger partial charge in [0.1, 0.15) is 10.8 Å². The number of rotatable bonds is 7. The summed E-state index contributed by atoms with van der Waals surface area (Å²) < 4.78 is 5.15. The predicted molar refractivity (Wildman–Crippen MR) is 125 cm³/mol. The van der Waals surface area contributed by atoms with E-state index in [1.165, 1.54) is 11.8 Å². The van der Waals surface area contributed by atoms with Crippen LogP contribution in [0, 0.1) is 20.8 Å². The molecule has 3 rings (SSSR count). The zero-order chi connectivity index (χ0) is 22.4. The van der Waals surface area contributed by atoms with E-state index in [0.29, 0.717) is 22.0 Å². The van der Waals surface area contributed by atoms with Gasteiger partial charge in [-0.3, -0.25) is 9.59 Å². The number of ether oxygens (including phenoxy) is 1. The zero-order valence-corrected chi connectivity index (χ0v) is 18.8. The maximum atomic E-state index is 13.0. The molecule has 0 saturated carbocycles. The Balaban J connectivity index is 1.74. The van der Waals surface area contributed by atoms with E-state index in [2.05, 4.69) is 15.6 Å². The molecule has 0 aliphatic heterocycles. The molecular formula is C24H25N3O3S. The molecule has 1 aromatic heterocycles. The molecule has 0 unspecified atom stereocenters. The number of amides is 2. The first-order chi connectivity index (χ1) is 14.9. The Hall–Kier alpha value is -3.32. The number of nitrogens with one attached hydrogen (secondary N) is 2. The molecule has 2 N–H and O–H groups in total. The van der Waals surface area contributed by atoms with Crippen LogP contribution in [0.3, 0.4) is 0 Å². The van der Waals surface area contributed by atoms with Crippen molar-refractivity contribution in [2.24, 2.45) is 0 Å². The van der Waals surface area contributed by atoms with Crippen LogP contribution in [0.5, 0.6) is 5.75 Å². The molecule has 2 amide bonds. The van der Waals surface area contributed by atoms with Crippen LogP contribution in [0.25, 0.3) is 0 Å². The molecule has 0 atom stereocenters. The van der Waals surface area contributed by atoms with E-state index in [1.54, 1.807) is 31.4 Å². The molecule has 0 aliphatic carbocycles. The largest absolute Gasteiger partial charge is 0.497 e. The van der Waals surface area contributed by atoms with Crippen LogP contribution in [-0.2, 0) is 4.79 Å². The number of hydrogen-bond donors (Lipinski definition) is 2. The molecule has 2 aromatic carbocycles. The van der Waals surface area contributed by atoms with Gasteiger partial charge in [-0.15, -0.1) is 0 Å². The average Bonchev–Trinajstić information content (AvgIpc) is 2.72. The van der Waals surface area contributed by atoms with Gasteiger partial charge in [-0.2, -0.15) is 0 Å². The van der Waals surface area contributed by atoms with Gasteiger partial charge in [0.05, 0.1) is 18.4 Å². The standard InChI is InChI=1S/C24H25N3O3S/c1-15-6-5-7-19(12-15)26-21(28)14-31-24-22(16(2)13-17(3)25-24)23(29)27-18-8-10-20(30-4)11-9-18/h5-13H,14H2,1-4H3,(H,26,28)(H,27,29). The average molecular weight is 436 g/mol. The lowest BCUT2D eigenvalue weighted by Crippen LogP contribution is -2.18. The van der Waals surface area contributed by atoms with E-state index < -0.39 is 0 Å². The van der Waals surface area contributed by atoms with Crippen LogP contribution in [0.15, 0.2) is 59.6 Å². The van der Waals surface area contributed by atoms with Crippen molar-refractivity contribution in [3.05, 3.63) is 77.0 Å². The van der Waals surface area contributed by atoms with Crippen LogP contribution < -0.4 is 15.4 Å². The number of benzene rings is 2. The van der Waals surface area contributed by atoms with Crippen LogP contribution in [0.2, 0.25) is 0 Å². The third kappa shape index (κ3) is 6.08. The number of aryl methyl sites for hydroxylation is 3. The number of carbonyl (C=O) groups excluding carboxylic acids is 2. The number of anilines is 2. The van der Waals surface area contributed by atoms with Crippen molar-refractivity contribution in [3.8, 4) is 5.75 Å². The molecule has 7 heteroatoms. The fraction of sp³-hybridized carbons (Fsp3) is 0.208. The molecule has 0 fully saturated rings. The molecule has 1 heterocycles. The minimum atomic E-state index is -0.267. The zero-order valence-electron chi connectivity index (χ0n) is 18.0. The second-order valence-electron chi connectivity index (χ2n) is 7.15. The number of carbonyl (C=O) groups is 2. The quantitative estimate of drug-likeness (QED) is 0.511. The summed E-state index contributed by atoms with van der Waals surface area (Å²) in [6.45, 7) is 5.71. The number of aromatic nitrogens is 1. The minimum absolute atomic E-state index is 0.145. The Labute approximate surface area is 186 Å². The molecule has 160 valence electrons. The van der Waals surface area contributed by atoms with Gasteiger partial charge in [-0.1, -0.05) is 23.9 Å². The van der Waals surface area contributed by atoms with Gasteiger partial charge in [0.2, 0.25) is 5.91 Å². The van der Waals surface area contributed by atoms with Crippen molar-refractivity contribution in [2.75, 3.05) is 23.5 Å². The Morgan fingerprint density at radius 2 is 1.71 bits per heavy atom. The van der Waals surface area contributed by atoms with Crippen molar-refractivity contribution in [2.45, 2.75) is 25.8 Å². The lowest BCUT2D eigenvalue weighted by Gasteiger charge is -2.13. The minimum Gasteiger partial charge on any atom is -0.497 e. The molecule has 0 radical (unpaired) electrons. The first-order valence-corrected chi connectivity index (χ1v) is 10.8. The Kier molecular flexibility index (Phi) is 7.31. The second kappa shape index (κ2) is 10.1. The fourth-order valence-electron chi connectivity index (χ4n) is 3.10. The van der Waals surface area contributed by atoms with Crippen molar-refractivity contribution >= 4 is 35.0 Å². The number of thioether (sulfide) groups is 1. The van der Waals surface area contributed by atoms with Gasteiger partial charge >= 0.3 is 0 Å². The third-order valence-electron chi connectivity index (χ3n) is 4.53. The van der Waals surface area contributed by atoms with E-state index in [4.69, 9.17) is 4.74 Å². The van der Waals surface area contributed by atoms with Gasteiger partial charge in [-0.25, -0.2) is 4.98 Å². The summed E-state index contributed by atoms with van der Waals surface area (Å²) in [5.74, 6) is 0.434. The van der Waals surface area contributed by atoms with E-state index in [-0.39, 0.29) is 17.6 Å². The summed E-state index contributed by atoms with van der Waals surface area (Å²) in [7, 11) is 1.59. The molecule has 0 aliphatic rings. The number of methoxy groups -OCH3 is 1. The van der Waals surface area contributed by atoms with Gasteiger partial charge in [-0.05, 0) is 74.4 Å². The lowest BCUT2D eigenvalue weighted by atomic mass is 10.1. The summed E-state index contributed by atoms with van der Waals surface area (Å²) in [4.78, 5) is 29.9. The van der Waals surface area contributed by atoms with E-state index >= 15 is 0 Å². The molecule has 0 bridgehead atoms. The van der Waals surface area contributed by atoms with Crippen molar-refractivity contribution in [3.63, 3.8) is 0 Å². The smallest absolute Gasteiger partial charge is 0.258 e. The molecule has 0 saturated heterocycles. The highest BCUT2D eigenvalue weighted by atomic mass is 32.2. The van der Waals surface area contributed by atoms with Gasteiger partial charge in [0.15, 0.2) is 0 Å². The van der Waals surface area contributed by atoms with Crippen molar-refractivity contribution in [1.82, 2.24) is 4.98 Å². The maximum absolute atomic E-state index is 13.0. The first-order valence-electron chi connectivity index (χ1n) is 9.78. The molecule has 31 heavy (non-hydrogen) atoms. The third-order valence-corrected chi connectivity index (χ3v) is 5.50. The highest BCUT2D eigenvalue weighted by molar-refractivity contribution is 8.00. The molecule has 3 aromatic rings. The van der Waals surface area contributed by atoms with Crippen molar-refractivity contribution < 1.29 is 14.3 Å². The van der Waals surface area contributed by atoms with Crippen LogP contribution in [0.4, 0.5) is 11.4 Å². The highest BCUT2D eigenvalue weighted by Crippen LogP contribution is 2.26. The first kappa shape index (κ1) is 22.4. The lowest BCUT2D eigenvalue weighted by molar-refractivity contribution is -0.113. The van der Waals surface area contributed by atoms with Gasteiger partial charge < -0.3 is 15.4 Å². The molecule has 0 spiro atoms. The summed E-state index contributed by atoms with van der Waals surface area (Å²) in [6, 6.07) is 16.6. The maximum Gasteiger partial charge on any atom is 0.258 e. The molecular weight excluding hydrogens is 410 g/mol. The summed E-state index contributed by atoms with van der Waals surface area (Å²) in [5, 5.41) is 6.31. The van der Waals surface area contributed by atoms with E-state index in [9.17, 15) is 9.59 Å². The predicted octanol–water partition coefficient (Wildman–Crippen LogP) is 5.00. The van der Waals surface area contributed by atoms with Gasteiger partial charge in [0, 0.05) is 17.1 Å². The van der Waals surface area contributed by atoms with E-state index in [1.807, 2.05) is 51.1 Å². The van der Waals surface area contributed by atoms with Crippen LogP contribution in [0.1, 0.15) is 27.2 Å². The topological polar surface area (TPSA) is 80.3 Å². The number of pyridine rings is 1. The van der Waals surface area contributed by atoms with Crippen molar-refractivity contribution in [1.29, 1.82) is 0 Å². The Morgan fingerprint density at radius 1 is 0.968 bits per heavy atom. The highest BCUT2D eigenvalue weighted by Gasteiger charge is 2.18. The SMILES string of the molecule is COc1ccc(NC(=O)c2c(C)cc(C)nc2SCC(=O)Nc2cccc(C)c2)cc1. The van der Waals surface area contributed by atoms with E-state index in [0.717, 1.165) is 22.5 Å². The summed E-state index contributed by atoms with van der Waals surface area (Å²) in [6.07, 6.45) is 0. The second-order valence-corrected chi connectivity index (χ2v) is 8.11.